The molecule has 1 amide bonds. The molecule has 1 aromatic carbocycles. The first-order valence-electron chi connectivity index (χ1n) is 5.23. The highest BCUT2D eigenvalue weighted by Crippen LogP contribution is 2.27. The Kier molecular flexibility index (Phi) is 4.57. The minimum Gasteiger partial charge on any atom is -0.493 e. The topological polar surface area (TPSA) is 47.6 Å². The molecule has 0 spiro atoms. The number of rotatable bonds is 5. The Bertz CT molecular complexity index is 427. The van der Waals surface area contributed by atoms with E-state index in [1.807, 2.05) is 6.92 Å². The number of carbonyl (C=O) groups excluding carboxylic acids is 1. The Hall–Kier alpha value is -1.97. The summed E-state index contributed by atoms with van der Waals surface area (Å²) in [7, 11) is 3.09. The van der Waals surface area contributed by atoms with E-state index in [-0.39, 0.29) is 5.91 Å². The first-order valence-corrected chi connectivity index (χ1v) is 5.23. The summed E-state index contributed by atoms with van der Waals surface area (Å²) in [5, 5.41) is 2.75. The van der Waals surface area contributed by atoms with Crippen molar-refractivity contribution in [2.24, 2.45) is 0 Å². The van der Waals surface area contributed by atoms with Crippen LogP contribution in [0.4, 0.5) is 0 Å². The van der Waals surface area contributed by atoms with Gasteiger partial charge in [-0.05, 0) is 25.1 Å². The molecular weight excluding hydrogens is 218 g/mol. The van der Waals surface area contributed by atoms with Gasteiger partial charge in [-0.1, -0.05) is 12.2 Å². The van der Waals surface area contributed by atoms with Crippen LogP contribution in [-0.2, 0) is 0 Å². The summed E-state index contributed by atoms with van der Waals surface area (Å²) in [5.74, 6) is 0.980. The van der Waals surface area contributed by atoms with Crippen LogP contribution >= 0.6 is 0 Å². The predicted octanol–water partition coefficient (Wildman–Crippen LogP) is 2.01. The van der Waals surface area contributed by atoms with E-state index >= 15 is 0 Å². The summed E-state index contributed by atoms with van der Waals surface area (Å²) in [6, 6.07) is 5.04. The van der Waals surface area contributed by atoms with Crippen LogP contribution in [0.5, 0.6) is 11.5 Å². The fourth-order valence-corrected chi connectivity index (χ4v) is 1.31. The number of benzene rings is 1. The minimum absolute atomic E-state index is 0.158. The van der Waals surface area contributed by atoms with Crippen LogP contribution in [0, 0.1) is 0 Å². The highest BCUT2D eigenvalue weighted by Gasteiger charge is 2.09. The van der Waals surface area contributed by atoms with Gasteiger partial charge in [0.05, 0.1) is 14.2 Å². The zero-order valence-electron chi connectivity index (χ0n) is 10.4. The van der Waals surface area contributed by atoms with Gasteiger partial charge in [-0.2, -0.15) is 0 Å². The van der Waals surface area contributed by atoms with Crippen molar-refractivity contribution in [2.45, 2.75) is 6.92 Å². The molecule has 0 aliphatic heterocycles. The molecule has 1 N–H and O–H groups in total. The molecule has 0 saturated carbocycles. The fraction of sp³-hybridized carbons (Fsp3) is 0.308. The summed E-state index contributed by atoms with van der Waals surface area (Å²) in [4.78, 5) is 11.8. The first kappa shape index (κ1) is 13.1. The average molecular weight is 235 g/mol. The molecule has 1 aromatic rings. The summed E-state index contributed by atoms with van der Waals surface area (Å²) in [5.41, 5.74) is 1.43. The summed E-state index contributed by atoms with van der Waals surface area (Å²) < 4.78 is 10.2. The Morgan fingerprint density at radius 2 is 1.94 bits per heavy atom. The number of methoxy groups -OCH3 is 2. The van der Waals surface area contributed by atoms with Gasteiger partial charge < -0.3 is 14.8 Å². The standard InChI is InChI=1S/C13H17NO3/c1-9(2)8-14-13(15)10-5-6-11(16-3)12(7-10)17-4/h5-7H,1,8H2,2-4H3,(H,14,15). The summed E-state index contributed by atoms with van der Waals surface area (Å²) >= 11 is 0. The second-order valence-electron chi connectivity index (χ2n) is 3.71. The number of ether oxygens (including phenoxy) is 2. The third-order valence-corrected chi connectivity index (χ3v) is 2.20. The van der Waals surface area contributed by atoms with Crippen molar-refractivity contribution in [3.63, 3.8) is 0 Å². The van der Waals surface area contributed by atoms with Crippen LogP contribution in [0.1, 0.15) is 17.3 Å². The predicted molar refractivity (Wildman–Crippen MR) is 66.7 cm³/mol. The Balaban J connectivity index is 2.84. The molecule has 0 bridgehead atoms. The van der Waals surface area contributed by atoms with Crippen molar-refractivity contribution in [1.82, 2.24) is 5.32 Å². The van der Waals surface area contributed by atoms with Gasteiger partial charge >= 0.3 is 0 Å². The highest BCUT2D eigenvalue weighted by atomic mass is 16.5. The quantitative estimate of drug-likeness (QED) is 0.794. The smallest absolute Gasteiger partial charge is 0.251 e. The SMILES string of the molecule is C=C(C)CNC(=O)c1ccc(OC)c(OC)c1. The highest BCUT2D eigenvalue weighted by molar-refractivity contribution is 5.95. The second-order valence-corrected chi connectivity index (χ2v) is 3.71. The van der Waals surface area contributed by atoms with Gasteiger partial charge in [0.1, 0.15) is 0 Å². The molecule has 92 valence electrons. The van der Waals surface area contributed by atoms with E-state index in [4.69, 9.17) is 9.47 Å². The van der Waals surface area contributed by atoms with Gasteiger partial charge in [-0.25, -0.2) is 0 Å². The van der Waals surface area contributed by atoms with Crippen molar-refractivity contribution in [1.29, 1.82) is 0 Å². The van der Waals surface area contributed by atoms with Crippen molar-refractivity contribution >= 4 is 5.91 Å². The van der Waals surface area contributed by atoms with E-state index in [0.29, 0.717) is 23.6 Å². The number of hydrogen-bond acceptors (Lipinski definition) is 3. The number of carbonyl (C=O) groups is 1. The van der Waals surface area contributed by atoms with Crippen molar-refractivity contribution in [2.75, 3.05) is 20.8 Å². The van der Waals surface area contributed by atoms with Crippen LogP contribution in [0.3, 0.4) is 0 Å². The molecular formula is C13H17NO3. The number of amides is 1. The lowest BCUT2D eigenvalue weighted by atomic mass is 10.2. The monoisotopic (exact) mass is 235 g/mol. The zero-order valence-corrected chi connectivity index (χ0v) is 10.4. The molecule has 0 aliphatic rings. The minimum atomic E-state index is -0.158. The van der Waals surface area contributed by atoms with Gasteiger partial charge in [0.2, 0.25) is 0 Å². The van der Waals surface area contributed by atoms with Crippen LogP contribution < -0.4 is 14.8 Å². The van der Waals surface area contributed by atoms with E-state index in [0.717, 1.165) is 5.57 Å². The van der Waals surface area contributed by atoms with E-state index in [2.05, 4.69) is 11.9 Å². The van der Waals surface area contributed by atoms with Crippen molar-refractivity contribution in [3.05, 3.63) is 35.9 Å². The molecule has 0 atom stereocenters. The van der Waals surface area contributed by atoms with Gasteiger partial charge in [0.15, 0.2) is 11.5 Å². The molecule has 4 heteroatoms. The lowest BCUT2D eigenvalue weighted by Gasteiger charge is -2.09. The summed E-state index contributed by atoms with van der Waals surface area (Å²) in [6.07, 6.45) is 0. The lowest BCUT2D eigenvalue weighted by Crippen LogP contribution is -2.24. The number of nitrogens with one attached hydrogen (secondary N) is 1. The third kappa shape index (κ3) is 3.52. The normalized spacial score (nSPS) is 9.59. The molecule has 0 aliphatic carbocycles. The van der Waals surface area contributed by atoms with Gasteiger partial charge in [-0.15, -0.1) is 0 Å². The maximum absolute atomic E-state index is 11.8. The van der Waals surface area contributed by atoms with E-state index in [1.165, 1.54) is 7.11 Å². The maximum atomic E-state index is 11.8. The van der Waals surface area contributed by atoms with Gasteiger partial charge in [0.25, 0.3) is 5.91 Å². The molecule has 0 unspecified atom stereocenters. The Morgan fingerprint density at radius 1 is 1.29 bits per heavy atom. The Labute approximate surface area is 101 Å². The van der Waals surface area contributed by atoms with Crippen LogP contribution in [0.15, 0.2) is 30.4 Å². The molecule has 0 heterocycles. The molecule has 4 nitrogen and oxygen atoms in total. The van der Waals surface area contributed by atoms with Crippen LogP contribution in [-0.4, -0.2) is 26.7 Å². The van der Waals surface area contributed by atoms with Crippen molar-refractivity contribution in [3.8, 4) is 11.5 Å². The van der Waals surface area contributed by atoms with E-state index in [1.54, 1.807) is 25.3 Å². The fourth-order valence-electron chi connectivity index (χ4n) is 1.31. The number of hydrogen-bond donors (Lipinski definition) is 1. The van der Waals surface area contributed by atoms with Gasteiger partial charge in [0, 0.05) is 12.1 Å². The average Bonchev–Trinajstić information content (AvgIpc) is 2.34. The molecule has 0 saturated heterocycles. The zero-order chi connectivity index (χ0) is 12.8. The van der Waals surface area contributed by atoms with Crippen LogP contribution in [0.2, 0.25) is 0 Å². The molecule has 0 radical (unpaired) electrons. The van der Waals surface area contributed by atoms with E-state index in [9.17, 15) is 4.79 Å². The first-order chi connectivity index (χ1) is 8.08. The van der Waals surface area contributed by atoms with E-state index < -0.39 is 0 Å². The van der Waals surface area contributed by atoms with Crippen molar-refractivity contribution < 1.29 is 14.3 Å². The molecule has 0 aromatic heterocycles. The molecule has 1 rings (SSSR count). The Morgan fingerprint density at radius 3 is 2.47 bits per heavy atom. The van der Waals surface area contributed by atoms with Gasteiger partial charge in [-0.3, -0.25) is 4.79 Å². The largest absolute Gasteiger partial charge is 0.493 e. The summed E-state index contributed by atoms with van der Waals surface area (Å²) in [6.45, 7) is 6.04. The second kappa shape index (κ2) is 5.94. The lowest BCUT2D eigenvalue weighted by molar-refractivity contribution is 0.0956. The van der Waals surface area contributed by atoms with Crippen LogP contribution in [0.25, 0.3) is 0 Å². The maximum Gasteiger partial charge on any atom is 0.251 e. The molecule has 0 fully saturated rings. The molecule has 17 heavy (non-hydrogen) atoms. The third-order valence-electron chi connectivity index (χ3n) is 2.20.